The number of rotatable bonds is 6. The zero-order valence-corrected chi connectivity index (χ0v) is 14.8. The monoisotopic (exact) mass is 340 g/mol. The minimum Gasteiger partial charge on any atom is -0.497 e. The van der Waals surface area contributed by atoms with Gasteiger partial charge in [-0.2, -0.15) is 11.8 Å². The Morgan fingerprint density at radius 2 is 1.42 bits per heavy atom. The smallest absolute Gasteiger partial charge is 0.118 e. The van der Waals surface area contributed by atoms with Crippen molar-refractivity contribution in [2.24, 2.45) is 0 Å². The van der Waals surface area contributed by atoms with Crippen LogP contribution in [-0.4, -0.2) is 30.4 Å². The molecule has 0 aliphatic rings. The average Bonchev–Trinajstić information content (AvgIpc) is 3.06. The van der Waals surface area contributed by atoms with E-state index < -0.39 is 0 Å². The van der Waals surface area contributed by atoms with Crippen LogP contribution in [-0.2, 0) is 5.75 Å². The minimum absolute atomic E-state index is 0.838. The maximum atomic E-state index is 5.25. The van der Waals surface area contributed by atoms with Crippen molar-refractivity contribution < 1.29 is 9.47 Å². The van der Waals surface area contributed by atoms with Gasteiger partial charge in [-0.25, -0.2) is 4.98 Å². The minimum atomic E-state index is 0.838. The molecule has 24 heavy (non-hydrogen) atoms. The molecule has 0 radical (unpaired) electrons. The molecule has 1 heterocycles. The molecule has 0 atom stereocenters. The molecule has 1 N–H and O–H groups in total. The van der Waals surface area contributed by atoms with E-state index in [1.807, 2.05) is 48.5 Å². The van der Waals surface area contributed by atoms with Crippen molar-refractivity contribution in [1.82, 2.24) is 9.97 Å². The van der Waals surface area contributed by atoms with Crippen molar-refractivity contribution in [2.75, 3.05) is 20.5 Å². The molecular formula is C19H20N2O2S. The van der Waals surface area contributed by atoms with Crippen LogP contribution in [0.3, 0.4) is 0 Å². The summed E-state index contributed by atoms with van der Waals surface area (Å²) < 4.78 is 10.5. The molecule has 0 unspecified atom stereocenters. The van der Waals surface area contributed by atoms with E-state index in [-0.39, 0.29) is 0 Å². The molecule has 3 aromatic rings. The second kappa shape index (κ2) is 7.45. The lowest BCUT2D eigenvalue weighted by Gasteiger charge is -2.06. The number of thioether (sulfide) groups is 1. The van der Waals surface area contributed by atoms with E-state index in [1.165, 1.54) is 0 Å². The van der Waals surface area contributed by atoms with Crippen molar-refractivity contribution in [3.63, 3.8) is 0 Å². The molecule has 0 aliphatic heterocycles. The number of ether oxygens (including phenoxy) is 2. The van der Waals surface area contributed by atoms with Crippen molar-refractivity contribution in [3.8, 4) is 34.0 Å². The molecule has 0 bridgehead atoms. The molecule has 5 heteroatoms. The van der Waals surface area contributed by atoms with E-state index >= 15 is 0 Å². The third-order valence-electron chi connectivity index (χ3n) is 3.78. The number of H-pyrrole nitrogens is 1. The predicted octanol–water partition coefficient (Wildman–Crippen LogP) is 4.62. The van der Waals surface area contributed by atoms with Crippen LogP contribution in [0.2, 0.25) is 0 Å². The summed E-state index contributed by atoms with van der Waals surface area (Å²) in [5.74, 6) is 3.50. The summed E-state index contributed by atoms with van der Waals surface area (Å²) >= 11 is 1.75. The molecular weight excluding hydrogens is 320 g/mol. The standard InChI is InChI=1S/C19H20N2O2S/c1-22-15-8-4-13(5-9-15)18-19(21-17(20-18)12-24-3)14-6-10-16(23-2)11-7-14/h4-11H,12H2,1-3H3,(H,20,21). The first kappa shape index (κ1) is 16.5. The molecule has 124 valence electrons. The van der Waals surface area contributed by atoms with E-state index in [4.69, 9.17) is 14.5 Å². The molecule has 0 saturated carbocycles. The van der Waals surface area contributed by atoms with E-state index in [1.54, 1.807) is 26.0 Å². The first-order valence-corrected chi connectivity index (χ1v) is 9.01. The lowest BCUT2D eigenvalue weighted by molar-refractivity contribution is 0.414. The van der Waals surface area contributed by atoms with Crippen LogP contribution < -0.4 is 9.47 Å². The van der Waals surface area contributed by atoms with Gasteiger partial charge < -0.3 is 14.5 Å². The topological polar surface area (TPSA) is 47.1 Å². The van der Waals surface area contributed by atoms with Gasteiger partial charge in [-0.3, -0.25) is 0 Å². The summed E-state index contributed by atoms with van der Waals surface area (Å²) in [5, 5.41) is 0. The van der Waals surface area contributed by atoms with Gasteiger partial charge in [0, 0.05) is 11.1 Å². The second-order valence-corrected chi connectivity index (χ2v) is 6.16. The fourth-order valence-corrected chi connectivity index (χ4v) is 2.96. The molecule has 0 amide bonds. The summed E-state index contributed by atoms with van der Waals surface area (Å²) in [6, 6.07) is 16.0. The summed E-state index contributed by atoms with van der Waals surface area (Å²) in [6.07, 6.45) is 2.07. The number of hydrogen-bond acceptors (Lipinski definition) is 4. The Bertz CT molecular complexity index is 730. The molecule has 3 rings (SSSR count). The normalized spacial score (nSPS) is 10.6. The number of hydrogen-bond donors (Lipinski definition) is 1. The van der Waals surface area contributed by atoms with E-state index in [2.05, 4.69) is 11.2 Å². The van der Waals surface area contributed by atoms with Crippen molar-refractivity contribution in [2.45, 2.75) is 5.75 Å². The molecule has 0 aliphatic carbocycles. The predicted molar refractivity (Wildman–Crippen MR) is 99.8 cm³/mol. The van der Waals surface area contributed by atoms with Gasteiger partial charge in [0.1, 0.15) is 17.3 Å². The number of imidazole rings is 1. The van der Waals surface area contributed by atoms with E-state index in [0.717, 1.165) is 45.6 Å². The molecule has 0 fully saturated rings. The molecule has 2 aromatic carbocycles. The van der Waals surface area contributed by atoms with Crippen LogP contribution in [0.4, 0.5) is 0 Å². The summed E-state index contributed by atoms with van der Waals surface area (Å²) in [4.78, 5) is 8.26. The molecule has 0 saturated heterocycles. The lowest BCUT2D eigenvalue weighted by atomic mass is 10.0. The zero-order chi connectivity index (χ0) is 16.9. The Morgan fingerprint density at radius 3 is 1.92 bits per heavy atom. The van der Waals surface area contributed by atoms with E-state index in [9.17, 15) is 0 Å². The second-order valence-electron chi connectivity index (χ2n) is 5.30. The first-order valence-electron chi connectivity index (χ1n) is 7.62. The Hall–Kier alpha value is -2.40. The SMILES string of the molecule is COc1ccc(-c2nc(CSC)[nH]c2-c2ccc(OC)cc2)cc1. The van der Waals surface area contributed by atoms with Gasteiger partial charge in [0.05, 0.1) is 31.4 Å². The highest BCUT2D eigenvalue weighted by Crippen LogP contribution is 2.32. The fraction of sp³-hybridized carbons (Fsp3) is 0.211. The van der Waals surface area contributed by atoms with Gasteiger partial charge in [0.2, 0.25) is 0 Å². The third kappa shape index (κ3) is 3.41. The van der Waals surface area contributed by atoms with Crippen molar-refractivity contribution in [3.05, 3.63) is 54.4 Å². The van der Waals surface area contributed by atoms with Crippen LogP contribution in [0, 0.1) is 0 Å². The summed E-state index contributed by atoms with van der Waals surface area (Å²) in [5.41, 5.74) is 4.12. The molecule has 0 spiro atoms. The fourth-order valence-electron chi connectivity index (χ4n) is 2.55. The van der Waals surface area contributed by atoms with Crippen LogP contribution in [0.1, 0.15) is 5.82 Å². The maximum Gasteiger partial charge on any atom is 0.118 e. The van der Waals surface area contributed by atoms with Gasteiger partial charge in [-0.1, -0.05) is 0 Å². The van der Waals surface area contributed by atoms with Crippen molar-refractivity contribution >= 4 is 11.8 Å². The average molecular weight is 340 g/mol. The van der Waals surface area contributed by atoms with Crippen LogP contribution >= 0.6 is 11.8 Å². The first-order chi connectivity index (χ1) is 11.7. The Kier molecular flexibility index (Phi) is 5.11. The van der Waals surface area contributed by atoms with Gasteiger partial charge in [0.25, 0.3) is 0 Å². The highest BCUT2D eigenvalue weighted by Gasteiger charge is 2.14. The number of nitrogens with zero attached hydrogens (tertiary/aromatic N) is 1. The quantitative estimate of drug-likeness (QED) is 0.711. The molecule has 4 nitrogen and oxygen atoms in total. The summed E-state index contributed by atoms with van der Waals surface area (Å²) in [7, 11) is 3.34. The zero-order valence-electron chi connectivity index (χ0n) is 14.0. The molecule has 1 aromatic heterocycles. The Labute approximate surface area is 146 Å². The lowest BCUT2D eigenvalue weighted by Crippen LogP contribution is -1.87. The number of aromatic nitrogens is 2. The Morgan fingerprint density at radius 1 is 0.875 bits per heavy atom. The number of benzene rings is 2. The maximum absolute atomic E-state index is 5.25. The van der Waals surface area contributed by atoms with Gasteiger partial charge >= 0.3 is 0 Å². The van der Waals surface area contributed by atoms with Crippen LogP contribution in [0.15, 0.2) is 48.5 Å². The third-order valence-corrected chi connectivity index (χ3v) is 4.34. The van der Waals surface area contributed by atoms with Crippen molar-refractivity contribution in [1.29, 1.82) is 0 Å². The number of nitrogens with one attached hydrogen (secondary N) is 1. The highest BCUT2D eigenvalue weighted by atomic mass is 32.2. The van der Waals surface area contributed by atoms with E-state index in [0.29, 0.717) is 0 Å². The van der Waals surface area contributed by atoms with Crippen LogP contribution in [0.25, 0.3) is 22.5 Å². The highest BCUT2D eigenvalue weighted by molar-refractivity contribution is 7.97. The van der Waals surface area contributed by atoms with Gasteiger partial charge in [-0.05, 0) is 54.8 Å². The Balaban J connectivity index is 2.05. The largest absolute Gasteiger partial charge is 0.497 e. The van der Waals surface area contributed by atoms with Crippen LogP contribution in [0.5, 0.6) is 11.5 Å². The van der Waals surface area contributed by atoms with Gasteiger partial charge in [0.15, 0.2) is 0 Å². The summed E-state index contributed by atoms with van der Waals surface area (Å²) in [6.45, 7) is 0. The number of aromatic amines is 1. The van der Waals surface area contributed by atoms with Gasteiger partial charge in [-0.15, -0.1) is 0 Å². The number of methoxy groups -OCH3 is 2.